The van der Waals surface area contributed by atoms with Crippen LogP contribution in [0.1, 0.15) is 39.2 Å². The Morgan fingerprint density at radius 2 is 1.51 bits per heavy atom. The minimum absolute atomic E-state index is 0.00818. The van der Waals surface area contributed by atoms with E-state index in [9.17, 15) is 18.0 Å². The highest BCUT2D eigenvalue weighted by atomic mass is 32.2. The summed E-state index contributed by atoms with van der Waals surface area (Å²) in [5.74, 6) is -0.191. The molecule has 2 amide bonds. The van der Waals surface area contributed by atoms with E-state index in [2.05, 4.69) is 5.32 Å². The van der Waals surface area contributed by atoms with E-state index >= 15 is 0 Å². The molecule has 0 aliphatic carbocycles. The molecule has 1 N–H and O–H groups in total. The Hall–Kier alpha value is -4.05. The van der Waals surface area contributed by atoms with Crippen LogP contribution in [-0.4, -0.2) is 58.0 Å². The topological polar surface area (TPSA) is 105 Å². The van der Waals surface area contributed by atoms with E-state index in [1.165, 1.54) is 37.3 Å². The van der Waals surface area contributed by atoms with Gasteiger partial charge in [0.2, 0.25) is 11.8 Å². The van der Waals surface area contributed by atoms with Crippen LogP contribution in [-0.2, 0) is 26.2 Å². The van der Waals surface area contributed by atoms with Crippen molar-refractivity contribution in [2.45, 2.75) is 57.1 Å². The third-order valence-electron chi connectivity index (χ3n) is 6.85. The van der Waals surface area contributed by atoms with Gasteiger partial charge in [-0.1, -0.05) is 62.4 Å². The lowest BCUT2D eigenvalue weighted by atomic mass is 10.1. The highest BCUT2D eigenvalue weighted by Crippen LogP contribution is 2.36. The van der Waals surface area contributed by atoms with Gasteiger partial charge < -0.3 is 19.7 Å². The first-order valence-electron chi connectivity index (χ1n) is 13.6. The molecule has 0 aliphatic rings. The van der Waals surface area contributed by atoms with Crippen molar-refractivity contribution in [2.75, 3.05) is 25.1 Å². The van der Waals surface area contributed by atoms with E-state index in [0.717, 1.165) is 16.3 Å². The monoisotopic (exact) mass is 581 g/mol. The van der Waals surface area contributed by atoms with Crippen molar-refractivity contribution in [1.29, 1.82) is 0 Å². The SMILES string of the molecule is CC[C@@H](C)NC(=O)[C@@H](CC)N(Cc1ccccc1)C(=O)CN(c1cc(OC)ccc1OC)S(=O)(=O)c1ccccc1. The minimum Gasteiger partial charge on any atom is -0.497 e. The van der Waals surface area contributed by atoms with E-state index in [0.29, 0.717) is 12.2 Å². The lowest BCUT2D eigenvalue weighted by molar-refractivity contribution is -0.140. The number of hydrogen-bond acceptors (Lipinski definition) is 6. The first-order valence-corrected chi connectivity index (χ1v) is 15.0. The number of carbonyl (C=O) groups excluding carboxylic acids is 2. The zero-order valence-corrected chi connectivity index (χ0v) is 25.1. The van der Waals surface area contributed by atoms with Gasteiger partial charge >= 0.3 is 0 Å². The quantitative estimate of drug-likeness (QED) is 0.298. The van der Waals surface area contributed by atoms with Crippen LogP contribution in [0.25, 0.3) is 0 Å². The molecule has 0 aliphatic heterocycles. The molecule has 0 saturated heterocycles. The van der Waals surface area contributed by atoms with Crippen LogP contribution in [0.3, 0.4) is 0 Å². The van der Waals surface area contributed by atoms with Gasteiger partial charge in [0.05, 0.1) is 24.8 Å². The van der Waals surface area contributed by atoms with Gasteiger partial charge in [0.1, 0.15) is 24.1 Å². The molecular weight excluding hydrogens is 542 g/mol. The Morgan fingerprint density at radius 1 is 0.878 bits per heavy atom. The van der Waals surface area contributed by atoms with E-state index in [1.807, 2.05) is 51.1 Å². The summed E-state index contributed by atoms with van der Waals surface area (Å²) in [7, 11) is -1.35. The third kappa shape index (κ3) is 7.79. The summed E-state index contributed by atoms with van der Waals surface area (Å²) >= 11 is 0. The predicted molar refractivity (Wildman–Crippen MR) is 159 cm³/mol. The molecule has 3 aromatic carbocycles. The molecule has 0 saturated carbocycles. The first kappa shape index (κ1) is 31.5. The molecule has 0 spiro atoms. The van der Waals surface area contributed by atoms with E-state index in [1.54, 1.807) is 30.3 Å². The van der Waals surface area contributed by atoms with Crippen LogP contribution in [0.15, 0.2) is 83.8 Å². The normalized spacial score (nSPS) is 12.6. The lowest BCUT2D eigenvalue weighted by Gasteiger charge is -2.34. The molecule has 9 nitrogen and oxygen atoms in total. The average molecular weight is 582 g/mol. The smallest absolute Gasteiger partial charge is 0.264 e. The lowest BCUT2D eigenvalue weighted by Crippen LogP contribution is -2.53. The number of nitrogens with one attached hydrogen (secondary N) is 1. The molecular formula is C31H39N3O6S. The third-order valence-corrected chi connectivity index (χ3v) is 8.62. The zero-order valence-electron chi connectivity index (χ0n) is 24.2. The maximum atomic E-state index is 14.2. The van der Waals surface area contributed by atoms with Crippen molar-refractivity contribution >= 4 is 27.5 Å². The number of amides is 2. The molecule has 0 aromatic heterocycles. The molecule has 220 valence electrons. The Balaban J connectivity index is 2.12. The second-order valence-corrected chi connectivity index (χ2v) is 11.5. The molecule has 0 radical (unpaired) electrons. The zero-order chi connectivity index (χ0) is 30.0. The van der Waals surface area contributed by atoms with Crippen LogP contribution in [0, 0.1) is 0 Å². The Bertz CT molecular complexity index is 1400. The van der Waals surface area contributed by atoms with Crippen LogP contribution in [0.4, 0.5) is 5.69 Å². The van der Waals surface area contributed by atoms with Crippen LogP contribution in [0.5, 0.6) is 11.5 Å². The van der Waals surface area contributed by atoms with Gasteiger partial charge in [0, 0.05) is 18.7 Å². The van der Waals surface area contributed by atoms with Crippen molar-refractivity contribution < 1.29 is 27.5 Å². The highest BCUT2D eigenvalue weighted by molar-refractivity contribution is 7.92. The van der Waals surface area contributed by atoms with Crippen molar-refractivity contribution in [3.05, 3.63) is 84.4 Å². The van der Waals surface area contributed by atoms with Gasteiger partial charge in [-0.15, -0.1) is 0 Å². The maximum Gasteiger partial charge on any atom is 0.264 e. The van der Waals surface area contributed by atoms with Gasteiger partial charge in [-0.25, -0.2) is 8.42 Å². The summed E-state index contributed by atoms with van der Waals surface area (Å²) in [5, 5.41) is 2.97. The molecule has 0 bridgehead atoms. The minimum atomic E-state index is -4.24. The molecule has 0 fully saturated rings. The number of carbonyl (C=O) groups is 2. The molecule has 0 heterocycles. The van der Waals surface area contributed by atoms with Gasteiger partial charge in [-0.3, -0.25) is 13.9 Å². The standard InChI is InChI=1S/C31H39N3O6S/c1-6-23(3)32-31(36)27(7-2)33(21-24-14-10-8-11-15-24)30(35)22-34(41(37,38)26-16-12-9-13-17-26)28-20-25(39-4)18-19-29(28)40-5/h8-20,23,27H,6-7,21-22H2,1-5H3,(H,32,36)/t23-,27-/m1/s1. The van der Waals surface area contributed by atoms with Crippen LogP contribution < -0.4 is 19.1 Å². The second kappa shape index (κ2) is 14.5. The summed E-state index contributed by atoms with van der Waals surface area (Å²) in [6, 6.07) is 21.0. The average Bonchev–Trinajstić information content (AvgIpc) is 3.00. The summed E-state index contributed by atoms with van der Waals surface area (Å²) < 4.78 is 40.0. The number of rotatable bonds is 14. The molecule has 41 heavy (non-hydrogen) atoms. The van der Waals surface area contributed by atoms with Crippen LogP contribution in [0.2, 0.25) is 0 Å². The number of hydrogen-bond donors (Lipinski definition) is 1. The van der Waals surface area contributed by atoms with Gasteiger partial charge in [0.25, 0.3) is 10.0 Å². The highest BCUT2D eigenvalue weighted by Gasteiger charge is 2.35. The number of sulfonamides is 1. The summed E-state index contributed by atoms with van der Waals surface area (Å²) in [6.45, 7) is 5.25. The van der Waals surface area contributed by atoms with Gasteiger partial charge in [-0.2, -0.15) is 0 Å². The number of methoxy groups -OCH3 is 2. The fraction of sp³-hybridized carbons (Fsp3) is 0.355. The largest absolute Gasteiger partial charge is 0.497 e. The van der Waals surface area contributed by atoms with Crippen molar-refractivity contribution in [3.8, 4) is 11.5 Å². The maximum absolute atomic E-state index is 14.2. The number of anilines is 1. The number of nitrogens with zero attached hydrogens (tertiary/aromatic N) is 2. The fourth-order valence-corrected chi connectivity index (χ4v) is 5.80. The second-order valence-electron chi connectivity index (χ2n) is 9.61. The number of ether oxygens (including phenoxy) is 2. The van der Waals surface area contributed by atoms with Crippen molar-refractivity contribution in [1.82, 2.24) is 10.2 Å². The summed E-state index contributed by atoms with van der Waals surface area (Å²) in [4.78, 5) is 29.0. The van der Waals surface area contributed by atoms with Crippen molar-refractivity contribution in [3.63, 3.8) is 0 Å². The van der Waals surface area contributed by atoms with E-state index in [-0.39, 0.29) is 34.8 Å². The fourth-order valence-electron chi connectivity index (χ4n) is 4.37. The molecule has 3 aromatic rings. The molecule has 3 rings (SSSR count). The number of benzene rings is 3. The first-order chi connectivity index (χ1) is 19.7. The summed E-state index contributed by atoms with van der Waals surface area (Å²) in [5.41, 5.74) is 0.952. The van der Waals surface area contributed by atoms with Crippen LogP contribution >= 0.6 is 0 Å². The Morgan fingerprint density at radius 3 is 2.07 bits per heavy atom. The summed E-state index contributed by atoms with van der Waals surface area (Å²) in [6.07, 6.45) is 1.07. The van der Waals surface area contributed by atoms with E-state index in [4.69, 9.17) is 9.47 Å². The molecule has 0 unspecified atom stereocenters. The van der Waals surface area contributed by atoms with Gasteiger partial charge in [0.15, 0.2) is 0 Å². The molecule has 2 atom stereocenters. The Kier molecular flexibility index (Phi) is 11.2. The van der Waals surface area contributed by atoms with Gasteiger partial charge in [-0.05, 0) is 49.6 Å². The Labute approximate surface area is 243 Å². The van der Waals surface area contributed by atoms with E-state index < -0.39 is 28.5 Å². The molecule has 10 heteroatoms. The van der Waals surface area contributed by atoms with Crippen molar-refractivity contribution in [2.24, 2.45) is 0 Å². The predicted octanol–water partition coefficient (Wildman–Crippen LogP) is 4.62.